The fourth-order valence-electron chi connectivity index (χ4n) is 2.97. The zero-order chi connectivity index (χ0) is 21.7. The first-order valence-corrected chi connectivity index (χ1v) is 11.1. The second kappa shape index (κ2) is 9.27. The highest BCUT2D eigenvalue weighted by atomic mass is 32.2. The van der Waals surface area contributed by atoms with Crippen LogP contribution in [0.2, 0.25) is 0 Å². The van der Waals surface area contributed by atoms with Crippen LogP contribution in [0.25, 0.3) is 11.1 Å². The number of nitrogens with one attached hydrogen (secondary N) is 1. The summed E-state index contributed by atoms with van der Waals surface area (Å²) < 4.78 is 39.2. The number of hydrogen-bond acceptors (Lipinski definition) is 6. The van der Waals surface area contributed by atoms with Crippen molar-refractivity contribution >= 4 is 27.1 Å². The van der Waals surface area contributed by atoms with Crippen molar-refractivity contribution in [1.82, 2.24) is 9.29 Å². The molecular formula is C21H24N2O6S. The summed E-state index contributed by atoms with van der Waals surface area (Å²) in [5, 5.41) is 0. The van der Waals surface area contributed by atoms with Crippen molar-refractivity contribution in [2.24, 2.45) is 0 Å². The standard InChI is InChI=1S/C21H24N2O6S/c1-3-11-28-20(24)14-23-18-10-9-17(12-19(18)29-21(23)25)30(26,27)22-13-15(2)16-7-5-4-6-8-16/h4-10,12,15,22H,3,11,13-14H2,1-2H3/t15-/m0/s1. The van der Waals surface area contributed by atoms with E-state index in [4.69, 9.17) is 9.15 Å². The van der Waals surface area contributed by atoms with Crippen molar-refractivity contribution in [2.45, 2.75) is 37.6 Å². The van der Waals surface area contributed by atoms with Crippen molar-refractivity contribution < 1.29 is 22.4 Å². The lowest BCUT2D eigenvalue weighted by Gasteiger charge is -2.13. The Kier molecular flexibility index (Phi) is 6.73. The Balaban J connectivity index is 1.77. The molecule has 9 heteroatoms. The number of ether oxygens (including phenoxy) is 1. The van der Waals surface area contributed by atoms with Gasteiger partial charge in [0.25, 0.3) is 0 Å². The molecule has 1 heterocycles. The van der Waals surface area contributed by atoms with Gasteiger partial charge in [0.1, 0.15) is 6.54 Å². The minimum Gasteiger partial charge on any atom is -0.464 e. The van der Waals surface area contributed by atoms with Gasteiger partial charge in [-0.1, -0.05) is 44.2 Å². The van der Waals surface area contributed by atoms with E-state index in [1.165, 1.54) is 18.2 Å². The number of aromatic nitrogens is 1. The van der Waals surface area contributed by atoms with Gasteiger partial charge in [0.05, 0.1) is 17.0 Å². The Labute approximate surface area is 174 Å². The highest BCUT2D eigenvalue weighted by Crippen LogP contribution is 2.20. The van der Waals surface area contributed by atoms with Crippen LogP contribution in [-0.4, -0.2) is 32.1 Å². The van der Waals surface area contributed by atoms with Crippen molar-refractivity contribution in [1.29, 1.82) is 0 Å². The Morgan fingerprint density at radius 1 is 1.20 bits per heavy atom. The van der Waals surface area contributed by atoms with Gasteiger partial charge < -0.3 is 9.15 Å². The first kappa shape index (κ1) is 21.8. The lowest BCUT2D eigenvalue weighted by atomic mass is 10.0. The average Bonchev–Trinajstić information content (AvgIpc) is 3.05. The van der Waals surface area contributed by atoms with Gasteiger partial charge in [0, 0.05) is 12.6 Å². The lowest BCUT2D eigenvalue weighted by molar-refractivity contribution is -0.144. The van der Waals surface area contributed by atoms with Gasteiger partial charge in [-0.3, -0.25) is 9.36 Å². The summed E-state index contributed by atoms with van der Waals surface area (Å²) >= 11 is 0. The van der Waals surface area contributed by atoms with Crippen LogP contribution in [0, 0.1) is 0 Å². The number of carbonyl (C=O) groups is 1. The molecule has 0 unspecified atom stereocenters. The van der Waals surface area contributed by atoms with Gasteiger partial charge in [-0.2, -0.15) is 0 Å². The second-order valence-corrected chi connectivity index (χ2v) is 8.73. The molecule has 0 saturated heterocycles. The van der Waals surface area contributed by atoms with Crippen LogP contribution in [0.5, 0.6) is 0 Å². The van der Waals surface area contributed by atoms with Gasteiger partial charge in [-0.15, -0.1) is 0 Å². The smallest absolute Gasteiger partial charge is 0.420 e. The Bertz CT molecular complexity index is 1180. The predicted octanol–water partition coefficient (Wildman–Crippen LogP) is 2.63. The van der Waals surface area contributed by atoms with Crippen LogP contribution in [0.4, 0.5) is 0 Å². The fourth-order valence-corrected chi connectivity index (χ4v) is 4.12. The van der Waals surface area contributed by atoms with Crippen LogP contribution in [0.15, 0.2) is 62.6 Å². The molecule has 0 radical (unpaired) electrons. The monoisotopic (exact) mass is 432 g/mol. The zero-order valence-corrected chi connectivity index (χ0v) is 17.6. The molecule has 0 fully saturated rings. The van der Waals surface area contributed by atoms with E-state index in [-0.39, 0.29) is 36.1 Å². The minimum absolute atomic E-state index is 0.0159. The summed E-state index contributed by atoms with van der Waals surface area (Å²) in [6.45, 7) is 3.98. The minimum atomic E-state index is -3.81. The number of esters is 1. The summed E-state index contributed by atoms with van der Waals surface area (Å²) in [4.78, 5) is 23.9. The SMILES string of the molecule is CCCOC(=O)Cn1c(=O)oc2cc(S(=O)(=O)NC[C@H](C)c3ccccc3)ccc21. The molecule has 3 rings (SSSR count). The number of fused-ring (bicyclic) bond motifs is 1. The maximum atomic E-state index is 12.7. The number of sulfonamides is 1. The molecule has 8 nitrogen and oxygen atoms in total. The van der Waals surface area contributed by atoms with Crippen LogP contribution in [0.1, 0.15) is 31.7 Å². The summed E-state index contributed by atoms with van der Waals surface area (Å²) in [6.07, 6.45) is 0.671. The molecule has 2 aromatic carbocycles. The fraction of sp³-hybridized carbons (Fsp3) is 0.333. The topological polar surface area (TPSA) is 108 Å². The van der Waals surface area contributed by atoms with Crippen molar-refractivity contribution in [3.8, 4) is 0 Å². The molecule has 3 aromatic rings. The number of oxazole rings is 1. The molecule has 0 spiro atoms. The van der Waals surface area contributed by atoms with E-state index in [2.05, 4.69) is 4.72 Å². The van der Waals surface area contributed by atoms with Gasteiger partial charge in [-0.25, -0.2) is 17.9 Å². The van der Waals surface area contributed by atoms with E-state index in [0.717, 1.165) is 10.1 Å². The molecule has 0 aliphatic rings. The number of nitrogens with zero attached hydrogens (tertiary/aromatic N) is 1. The van der Waals surface area contributed by atoms with Gasteiger partial charge in [0.2, 0.25) is 10.0 Å². The van der Waals surface area contributed by atoms with Gasteiger partial charge in [0.15, 0.2) is 5.58 Å². The summed E-state index contributed by atoms with van der Waals surface area (Å²) in [7, 11) is -3.81. The Hall–Kier alpha value is -2.91. The maximum absolute atomic E-state index is 12.7. The quantitative estimate of drug-likeness (QED) is 0.521. The molecule has 1 aromatic heterocycles. The molecule has 1 atom stereocenters. The van der Waals surface area contributed by atoms with E-state index in [9.17, 15) is 18.0 Å². The number of hydrogen-bond donors (Lipinski definition) is 1. The van der Waals surface area contributed by atoms with Crippen LogP contribution < -0.4 is 10.5 Å². The molecule has 160 valence electrons. The van der Waals surface area contributed by atoms with Crippen LogP contribution in [0.3, 0.4) is 0 Å². The first-order chi connectivity index (χ1) is 14.3. The van der Waals surface area contributed by atoms with Crippen LogP contribution >= 0.6 is 0 Å². The average molecular weight is 432 g/mol. The van der Waals surface area contributed by atoms with Crippen molar-refractivity contribution in [3.05, 3.63) is 64.6 Å². The maximum Gasteiger partial charge on any atom is 0.420 e. The van der Waals surface area contributed by atoms with Gasteiger partial charge in [-0.05, 0) is 30.0 Å². The number of rotatable bonds is 9. The van der Waals surface area contributed by atoms with Crippen molar-refractivity contribution in [3.63, 3.8) is 0 Å². The summed E-state index contributed by atoms with van der Waals surface area (Å²) in [6, 6.07) is 13.7. The van der Waals surface area contributed by atoms with E-state index in [1.54, 1.807) is 0 Å². The van der Waals surface area contributed by atoms with Crippen LogP contribution in [-0.2, 0) is 26.1 Å². The molecule has 0 saturated carbocycles. The normalized spacial score (nSPS) is 12.7. The molecule has 1 N–H and O–H groups in total. The largest absolute Gasteiger partial charge is 0.464 e. The van der Waals surface area contributed by atoms with E-state index < -0.39 is 21.7 Å². The second-order valence-electron chi connectivity index (χ2n) is 6.97. The predicted molar refractivity (Wildman–Crippen MR) is 112 cm³/mol. The third-order valence-corrected chi connectivity index (χ3v) is 6.07. The van der Waals surface area contributed by atoms with Gasteiger partial charge >= 0.3 is 11.7 Å². The van der Waals surface area contributed by atoms with E-state index >= 15 is 0 Å². The molecule has 30 heavy (non-hydrogen) atoms. The summed E-state index contributed by atoms with van der Waals surface area (Å²) in [5.74, 6) is -1.33. The van der Waals surface area contributed by atoms with Crippen molar-refractivity contribution in [2.75, 3.05) is 13.2 Å². The lowest BCUT2D eigenvalue weighted by Crippen LogP contribution is -2.27. The Morgan fingerprint density at radius 3 is 2.63 bits per heavy atom. The Morgan fingerprint density at radius 2 is 1.93 bits per heavy atom. The van der Waals surface area contributed by atoms with E-state index in [1.807, 2.05) is 44.2 Å². The molecule has 0 aliphatic carbocycles. The third kappa shape index (κ3) is 4.98. The molecule has 0 aliphatic heterocycles. The summed E-state index contributed by atoms with van der Waals surface area (Å²) in [5.41, 5.74) is 1.43. The molecule has 0 bridgehead atoms. The zero-order valence-electron chi connectivity index (χ0n) is 16.8. The number of carbonyl (C=O) groups excluding carboxylic acids is 1. The highest BCUT2D eigenvalue weighted by molar-refractivity contribution is 7.89. The molecular weight excluding hydrogens is 408 g/mol. The van der Waals surface area contributed by atoms with E-state index in [0.29, 0.717) is 11.9 Å². The third-order valence-electron chi connectivity index (χ3n) is 4.65. The number of benzene rings is 2. The first-order valence-electron chi connectivity index (χ1n) is 9.65. The molecule has 0 amide bonds. The highest BCUT2D eigenvalue weighted by Gasteiger charge is 2.20.